The van der Waals surface area contributed by atoms with Gasteiger partial charge in [-0.05, 0) is 71.1 Å². The van der Waals surface area contributed by atoms with Crippen LogP contribution in [0.3, 0.4) is 0 Å². The highest BCUT2D eigenvalue weighted by Gasteiger charge is 2.29. The van der Waals surface area contributed by atoms with E-state index < -0.39 is 0 Å². The fourth-order valence-corrected chi connectivity index (χ4v) is 4.00. The van der Waals surface area contributed by atoms with E-state index in [1.165, 1.54) is 51.6 Å². The van der Waals surface area contributed by atoms with E-state index in [0.717, 1.165) is 23.9 Å². The molecule has 1 aliphatic heterocycles. The number of nitrogens with zero attached hydrogens (tertiary/aromatic N) is 1. The second-order valence-corrected chi connectivity index (χ2v) is 8.45. The largest absolute Gasteiger partial charge is 0.311 e. The zero-order valence-corrected chi connectivity index (χ0v) is 14.4. The van der Waals surface area contributed by atoms with Gasteiger partial charge in [-0.15, -0.1) is 0 Å². The Morgan fingerprint density at radius 3 is 1.80 bits per heavy atom. The van der Waals surface area contributed by atoms with Crippen molar-refractivity contribution in [3.05, 3.63) is 0 Å². The average molecular weight is 280 g/mol. The van der Waals surface area contributed by atoms with Gasteiger partial charge in [-0.2, -0.15) is 0 Å². The van der Waals surface area contributed by atoms with Crippen LogP contribution in [0.25, 0.3) is 0 Å². The summed E-state index contributed by atoms with van der Waals surface area (Å²) < 4.78 is 0. The van der Waals surface area contributed by atoms with Crippen LogP contribution in [-0.2, 0) is 0 Å². The summed E-state index contributed by atoms with van der Waals surface area (Å²) in [6.07, 6.45) is 8.36. The van der Waals surface area contributed by atoms with Gasteiger partial charge in [-0.1, -0.05) is 13.8 Å². The Hall–Kier alpha value is -0.0800. The fourth-order valence-electron chi connectivity index (χ4n) is 4.00. The molecular formula is C18H36N2. The molecule has 0 aromatic carbocycles. The zero-order chi connectivity index (χ0) is 14.8. The number of hydrogen-bond donors (Lipinski definition) is 1. The van der Waals surface area contributed by atoms with Crippen molar-refractivity contribution in [3.8, 4) is 0 Å². The minimum Gasteiger partial charge on any atom is -0.311 e. The second kappa shape index (κ2) is 6.79. The molecule has 0 bridgehead atoms. The molecule has 118 valence electrons. The summed E-state index contributed by atoms with van der Waals surface area (Å²) in [6.45, 7) is 14.3. The lowest BCUT2D eigenvalue weighted by Crippen LogP contribution is -2.52. The van der Waals surface area contributed by atoms with E-state index in [9.17, 15) is 0 Å². The fraction of sp³-hybridized carbons (Fsp3) is 1.00. The Balaban J connectivity index is 1.69. The van der Waals surface area contributed by atoms with Crippen molar-refractivity contribution in [2.24, 2.45) is 11.8 Å². The Morgan fingerprint density at radius 1 is 0.850 bits per heavy atom. The smallest absolute Gasteiger partial charge is 0.0125 e. The standard InChI is InChI=1S/C18H36N2/c1-14(2)15-6-8-16(9-7-15)19-17-10-12-20(13-11-17)18(3,4)5/h14-17,19H,6-13H2,1-5H3. The van der Waals surface area contributed by atoms with E-state index in [-0.39, 0.29) is 0 Å². The van der Waals surface area contributed by atoms with Crippen LogP contribution in [0.4, 0.5) is 0 Å². The third-order valence-electron chi connectivity index (χ3n) is 5.63. The molecule has 0 radical (unpaired) electrons. The third kappa shape index (κ3) is 4.46. The molecule has 0 atom stereocenters. The molecule has 1 aliphatic carbocycles. The molecule has 20 heavy (non-hydrogen) atoms. The summed E-state index contributed by atoms with van der Waals surface area (Å²) in [7, 11) is 0. The maximum atomic E-state index is 3.96. The van der Waals surface area contributed by atoms with Crippen LogP contribution in [0.5, 0.6) is 0 Å². The van der Waals surface area contributed by atoms with E-state index in [0.29, 0.717) is 5.54 Å². The molecule has 2 rings (SSSR count). The molecule has 0 amide bonds. The van der Waals surface area contributed by atoms with Gasteiger partial charge in [0.1, 0.15) is 0 Å². The summed E-state index contributed by atoms with van der Waals surface area (Å²) in [5.41, 5.74) is 0.348. The minimum atomic E-state index is 0.348. The van der Waals surface area contributed by atoms with E-state index in [4.69, 9.17) is 0 Å². The molecule has 2 nitrogen and oxygen atoms in total. The molecule has 0 spiro atoms. The van der Waals surface area contributed by atoms with Crippen molar-refractivity contribution < 1.29 is 0 Å². The summed E-state index contributed by atoms with van der Waals surface area (Å²) >= 11 is 0. The Labute approximate surface area is 126 Å². The Morgan fingerprint density at radius 2 is 1.35 bits per heavy atom. The molecule has 2 fully saturated rings. The predicted molar refractivity (Wildman–Crippen MR) is 88.1 cm³/mol. The van der Waals surface area contributed by atoms with Gasteiger partial charge in [-0.3, -0.25) is 4.90 Å². The van der Waals surface area contributed by atoms with Gasteiger partial charge >= 0.3 is 0 Å². The molecule has 0 unspecified atom stereocenters. The third-order valence-corrected chi connectivity index (χ3v) is 5.63. The van der Waals surface area contributed by atoms with Crippen LogP contribution in [0.1, 0.15) is 73.1 Å². The van der Waals surface area contributed by atoms with Gasteiger partial charge < -0.3 is 5.32 Å². The van der Waals surface area contributed by atoms with Gasteiger partial charge in [0.25, 0.3) is 0 Å². The molecule has 1 heterocycles. The van der Waals surface area contributed by atoms with Crippen LogP contribution >= 0.6 is 0 Å². The molecule has 1 N–H and O–H groups in total. The highest BCUT2D eigenvalue weighted by molar-refractivity contribution is 4.87. The van der Waals surface area contributed by atoms with Crippen molar-refractivity contribution in [1.29, 1.82) is 0 Å². The highest BCUT2D eigenvalue weighted by Crippen LogP contribution is 2.30. The van der Waals surface area contributed by atoms with E-state index in [2.05, 4.69) is 44.8 Å². The molecule has 1 saturated carbocycles. The number of hydrogen-bond acceptors (Lipinski definition) is 2. The predicted octanol–water partition coefficient (Wildman–Crippen LogP) is 4.05. The first-order chi connectivity index (χ1) is 9.36. The lowest BCUT2D eigenvalue weighted by atomic mass is 9.79. The van der Waals surface area contributed by atoms with Crippen LogP contribution < -0.4 is 5.32 Å². The SMILES string of the molecule is CC(C)C1CCC(NC2CCN(C(C)(C)C)CC2)CC1. The van der Waals surface area contributed by atoms with E-state index in [1.54, 1.807) is 0 Å². The molecule has 0 aromatic heterocycles. The monoisotopic (exact) mass is 280 g/mol. The summed E-state index contributed by atoms with van der Waals surface area (Å²) in [6, 6.07) is 1.57. The average Bonchev–Trinajstić information content (AvgIpc) is 2.39. The Bertz CT molecular complexity index is 276. The highest BCUT2D eigenvalue weighted by atomic mass is 15.2. The van der Waals surface area contributed by atoms with Crippen molar-refractivity contribution in [2.45, 2.75) is 90.8 Å². The maximum absolute atomic E-state index is 3.96. The van der Waals surface area contributed by atoms with E-state index >= 15 is 0 Å². The normalized spacial score (nSPS) is 30.9. The molecular weight excluding hydrogens is 244 g/mol. The zero-order valence-electron chi connectivity index (χ0n) is 14.4. The van der Waals surface area contributed by atoms with Crippen LogP contribution in [0.2, 0.25) is 0 Å². The number of nitrogens with one attached hydrogen (secondary N) is 1. The molecule has 2 heteroatoms. The van der Waals surface area contributed by atoms with E-state index in [1.807, 2.05) is 0 Å². The summed E-state index contributed by atoms with van der Waals surface area (Å²) in [5, 5.41) is 3.96. The lowest BCUT2D eigenvalue weighted by Gasteiger charge is -2.42. The molecule has 2 aliphatic rings. The topological polar surface area (TPSA) is 15.3 Å². The van der Waals surface area contributed by atoms with Crippen molar-refractivity contribution in [2.75, 3.05) is 13.1 Å². The van der Waals surface area contributed by atoms with Crippen LogP contribution in [0, 0.1) is 11.8 Å². The first-order valence-corrected chi connectivity index (χ1v) is 8.87. The van der Waals surface area contributed by atoms with Gasteiger partial charge in [0, 0.05) is 30.7 Å². The lowest BCUT2D eigenvalue weighted by molar-refractivity contribution is 0.0906. The van der Waals surface area contributed by atoms with Crippen molar-refractivity contribution in [3.63, 3.8) is 0 Å². The van der Waals surface area contributed by atoms with Gasteiger partial charge in [0.05, 0.1) is 0 Å². The quantitative estimate of drug-likeness (QED) is 0.839. The van der Waals surface area contributed by atoms with Crippen LogP contribution in [-0.4, -0.2) is 35.6 Å². The summed E-state index contributed by atoms with van der Waals surface area (Å²) in [4.78, 5) is 2.64. The van der Waals surface area contributed by atoms with Gasteiger partial charge in [-0.25, -0.2) is 0 Å². The molecule has 1 saturated heterocycles. The first-order valence-electron chi connectivity index (χ1n) is 8.87. The van der Waals surface area contributed by atoms with Gasteiger partial charge in [0.15, 0.2) is 0 Å². The van der Waals surface area contributed by atoms with Crippen molar-refractivity contribution in [1.82, 2.24) is 10.2 Å². The van der Waals surface area contributed by atoms with Crippen molar-refractivity contribution >= 4 is 0 Å². The number of likely N-dealkylation sites (tertiary alicyclic amines) is 1. The Kier molecular flexibility index (Phi) is 5.53. The van der Waals surface area contributed by atoms with Crippen LogP contribution in [0.15, 0.2) is 0 Å². The number of rotatable bonds is 3. The number of piperidine rings is 1. The maximum Gasteiger partial charge on any atom is 0.0125 e. The van der Waals surface area contributed by atoms with Gasteiger partial charge in [0.2, 0.25) is 0 Å². The second-order valence-electron chi connectivity index (χ2n) is 8.45. The molecule has 0 aromatic rings. The first kappa shape index (κ1) is 16.3. The summed E-state index contributed by atoms with van der Waals surface area (Å²) in [5.74, 6) is 1.86. The minimum absolute atomic E-state index is 0.348.